The van der Waals surface area contributed by atoms with Gasteiger partial charge in [-0.15, -0.1) is 0 Å². The number of hydrogen-bond donors (Lipinski definition) is 1. The van der Waals surface area contributed by atoms with Crippen LogP contribution in [0.2, 0.25) is 0 Å². The number of carbonyl (C=O) groups is 2. The van der Waals surface area contributed by atoms with Crippen LogP contribution in [0.25, 0.3) is 0 Å². The standard InChI is InChI=1S/C19H34N2O3/c1-2-13-20(15-19(23)24)14-18(22)21(16-9-5-3-6-10-16)17-11-7-4-8-12-17/h16-17H,2-15H2,1H3,(H,23,24). The molecule has 24 heavy (non-hydrogen) atoms. The first-order chi connectivity index (χ1) is 11.6. The summed E-state index contributed by atoms with van der Waals surface area (Å²) in [7, 11) is 0. The molecule has 5 heteroatoms. The molecule has 2 fully saturated rings. The maximum atomic E-state index is 13.1. The monoisotopic (exact) mass is 338 g/mol. The van der Waals surface area contributed by atoms with Crippen molar-refractivity contribution in [3.8, 4) is 0 Å². The molecular formula is C19H34N2O3. The van der Waals surface area contributed by atoms with Gasteiger partial charge < -0.3 is 10.0 Å². The molecule has 0 aromatic rings. The molecule has 2 rings (SSSR count). The Kier molecular flexibility index (Phi) is 8.03. The normalized spacial score (nSPS) is 20.2. The molecule has 0 atom stereocenters. The summed E-state index contributed by atoms with van der Waals surface area (Å²) in [5, 5.41) is 9.09. The molecule has 1 N–H and O–H groups in total. The molecule has 0 spiro atoms. The van der Waals surface area contributed by atoms with Gasteiger partial charge >= 0.3 is 5.97 Å². The van der Waals surface area contributed by atoms with Crippen molar-refractivity contribution in [3.05, 3.63) is 0 Å². The molecule has 0 radical (unpaired) electrons. The molecule has 0 unspecified atom stereocenters. The van der Waals surface area contributed by atoms with Gasteiger partial charge in [0.25, 0.3) is 0 Å². The highest BCUT2D eigenvalue weighted by molar-refractivity contribution is 5.80. The van der Waals surface area contributed by atoms with Crippen LogP contribution in [0.1, 0.15) is 77.6 Å². The fraction of sp³-hybridized carbons (Fsp3) is 0.895. The van der Waals surface area contributed by atoms with E-state index in [9.17, 15) is 9.59 Å². The van der Waals surface area contributed by atoms with Crippen LogP contribution >= 0.6 is 0 Å². The van der Waals surface area contributed by atoms with E-state index in [-0.39, 0.29) is 19.0 Å². The van der Waals surface area contributed by atoms with Gasteiger partial charge in [-0.2, -0.15) is 0 Å². The minimum Gasteiger partial charge on any atom is -0.480 e. The Morgan fingerprint density at radius 1 is 0.875 bits per heavy atom. The highest BCUT2D eigenvalue weighted by Gasteiger charge is 2.33. The predicted molar refractivity (Wildman–Crippen MR) is 95.0 cm³/mol. The van der Waals surface area contributed by atoms with E-state index in [1.807, 2.05) is 6.92 Å². The van der Waals surface area contributed by atoms with Crippen molar-refractivity contribution in [2.45, 2.75) is 89.6 Å². The van der Waals surface area contributed by atoms with Gasteiger partial charge in [-0.25, -0.2) is 0 Å². The van der Waals surface area contributed by atoms with Crippen molar-refractivity contribution in [3.63, 3.8) is 0 Å². The van der Waals surface area contributed by atoms with Crippen LogP contribution < -0.4 is 0 Å². The second kappa shape index (κ2) is 10.0. The second-order valence-electron chi connectivity index (χ2n) is 7.49. The molecule has 0 aromatic heterocycles. The summed E-state index contributed by atoms with van der Waals surface area (Å²) in [6, 6.07) is 0.755. The van der Waals surface area contributed by atoms with Gasteiger partial charge in [0.15, 0.2) is 0 Å². The van der Waals surface area contributed by atoms with Gasteiger partial charge in [0, 0.05) is 12.1 Å². The third kappa shape index (κ3) is 5.76. The maximum Gasteiger partial charge on any atom is 0.317 e. The molecule has 2 saturated carbocycles. The number of nitrogens with zero attached hydrogens (tertiary/aromatic N) is 2. The lowest BCUT2D eigenvalue weighted by atomic mass is 9.88. The summed E-state index contributed by atoms with van der Waals surface area (Å²) in [5.74, 6) is -0.693. The highest BCUT2D eigenvalue weighted by atomic mass is 16.4. The number of hydrogen-bond acceptors (Lipinski definition) is 3. The lowest BCUT2D eigenvalue weighted by Crippen LogP contribution is -2.52. The van der Waals surface area contributed by atoms with Crippen LogP contribution in [0.4, 0.5) is 0 Å². The summed E-state index contributed by atoms with van der Waals surface area (Å²) in [4.78, 5) is 28.2. The molecule has 0 heterocycles. The Bertz CT molecular complexity index is 383. The van der Waals surface area contributed by atoms with Crippen molar-refractivity contribution in [2.24, 2.45) is 0 Å². The van der Waals surface area contributed by atoms with Crippen molar-refractivity contribution < 1.29 is 14.7 Å². The number of carbonyl (C=O) groups excluding carboxylic acids is 1. The minimum absolute atomic E-state index is 0.0389. The minimum atomic E-state index is -0.849. The van der Waals surface area contributed by atoms with Crippen LogP contribution in [0.5, 0.6) is 0 Å². The number of rotatable bonds is 8. The number of aliphatic carboxylic acids is 1. The van der Waals surface area contributed by atoms with E-state index in [0.717, 1.165) is 32.1 Å². The SMILES string of the molecule is CCCN(CC(=O)O)CC(=O)N(C1CCCCC1)C1CCCCC1. The third-order valence-corrected chi connectivity index (χ3v) is 5.48. The molecule has 138 valence electrons. The van der Waals surface area contributed by atoms with E-state index >= 15 is 0 Å². The molecule has 2 aliphatic rings. The molecule has 0 bridgehead atoms. The number of carboxylic acid groups (broad SMARTS) is 1. The Balaban J connectivity index is 2.05. The molecule has 2 aliphatic carbocycles. The Morgan fingerprint density at radius 3 is 1.79 bits per heavy atom. The van der Waals surface area contributed by atoms with Crippen molar-refractivity contribution >= 4 is 11.9 Å². The molecule has 1 amide bonds. The fourth-order valence-electron chi connectivity index (χ4n) is 4.42. The van der Waals surface area contributed by atoms with Crippen LogP contribution in [-0.2, 0) is 9.59 Å². The van der Waals surface area contributed by atoms with Crippen molar-refractivity contribution in [1.82, 2.24) is 9.80 Å². The van der Waals surface area contributed by atoms with Gasteiger partial charge in [0.05, 0.1) is 13.1 Å². The lowest BCUT2D eigenvalue weighted by Gasteiger charge is -2.42. The van der Waals surface area contributed by atoms with Crippen LogP contribution in [0, 0.1) is 0 Å². The topological polar surface area (TPSA) is 60.9 Å². The average molecular weight is 338 g/mol. The lowest BCUT2D eigenvalue weighted by molar-refractivity contribution is -0.142. The number of amides is 1. The van der Waals surface area contributed by atoms with Crippen LogP contribution in [0.15, 0.2) is 0 Å². The first kappa shape index (κ1) is 19.2. The van der Waals surface area contributed by atoms with E-state index in [1.54, 1.807) is 4.90 Å². The fourth-order valence-corrected chi connectivity index (χ4v) is 4.42. The zero-order valence-corrected chi connectivity index (χ0v) is 15.2. The third-order valence-electron chi connectivity index (χ3n) is 5.48. The van der Waals surface area contributed by atoms with Crippen LogP contribution in [-0.4, -0.2) is 58.5 Å². The Morgan fingerprint density at radius 2 is 1.38 bits per heavy atom. The summed E-state index contributed by atoms with van der Waals surface area (Å²) in [5.41, 5.74) is 0. The summed E-state index contributed by atoms with van der Waals surface area (Å²) < 4.78 is 0. The van der Waals surface area contributed by atoms with E-state index in [1.165, 1.54) is 38.5 Å². The first-order valence-corrected chi connectivity index (χ1v) is 9.87. The van der Waals surface area contributed by atoms with E-state index in [0.29, 0.717) is 18.6 Å². The van der Waals surface area contributed by atoms with Crippen LogP contribution in [0.3, 0.4) is 0 Å². The number of carboxylic acids is 1. The highest BCUT2D eigenvalue weighted by Crippen LogP contribution is 2.30. The smallest absolute Gasteiger partial charge is 0.317 e. The predicted octanol–water partition coefficient (Wildman–Crippen LogP) is 3.28. The molecule has 0 aromatic carbocycles. The van der Waals surface area contributed by atoms with Gasteiger partial charge in [0.2, 0.25) is 5.91 Å². The zero-order chi connectivity index (χ0) is 17.4. The Labute approximate surface area is 146 Å². The van der Waals surface area contributed by atoms with E-state index in [2.05, 4.69) is 4.90 Å². The van der Waals surface area contributed by atoms with Crippen molar-refractivity contribution in [2.75, 3.05) is 19.6 Å². The molecule has 5 nitrogen and oxygen atoms in total. The summed E-state index contributed by atoms with van der Waals surface area (Å²) in [6.45, 7) is 2.91. The second-order valence-corrected chi connectivity index (χ2v) is 7.49. The molecule has 0 saturated heterocycles. The van der Waals surface area contributed by atoms with Gasteiger partial charge in [0.1, 0.15) is 0 Å². The molecular weight excluding hydrogens is 304 g/mol. The maximum absolute atomic E-state index is 13.1. The van der Waals surface area contributed by atoms with E-state index in [4.69, 9.17) is 5.11 Å². The van der Waals surface area contributed by atoms with Gasteiger partial charge in [-0.05, 0) is 38.6 Å². The van der Waals surface area contributed by atoms with Gasteiger partial charge in [-0.3, -0.25) is 14.5 Å². The Hall–Kier alpha value is -1.10. The van der Waals surface area contributed by atoms with E-state index < -0.39 is 5.97 Å². The quantitative estimate of drug-likeness (QED) is 0.738. The zero-order valence-electron chi connectivity index (χ0n) is 15.2. The summed E-state index contributed by atoms with van der Waals surface area (Å²) >= 11 is 0. The van der Waals surface area contributed by atoms with Crippen molar-refractivity contribution in [1.29, 1.82) is 0 Å². The van der Waals surface area contributed by atoms with Gasteiger partial charge in [-0.1, -0.05) is 45.4 Å². The largest absolute Gasteiger partial charge is 0.480 e. The summed E-state index contributed by atoms with van der Waals surface area (Å²) in [6.07, 6.45) is 12.8. The molecule has 0 aliphatic heterocycles. The average Bonchev–Trinajstić information content (AvgIpc) is 2.56. The first-order valence-electron chi connectivity index (χ1n) is 9.87.